The average Bonchev–Trinajstić information content (AvgIpc) is 2.39. The van der Waals surface area contributed by atoms with Crippen molar-refractivity contribution in [2.75, 3.05) is 18.4 Å². The minimum Gasteiger partial charge on any atom is -0.444 e. The van der Waals surface area contributed by atoms with Gasteiger partial charge in [-0.05, 0) is 37.8 Å². The molecule has 0 radical (unpaired) electrons. The van der Waals surface area contributed by atoms with E-state index in [1.54, 1.807) is 0 Å². The second-order valence-corrected chi connectivity index (χ2v) is 7.67. The number of halogens is 3. The maximum absolute atomic E-state index is 12.6. The van der Waals surface area contributed by atoms with Crippen molar-refractivity contribution in [1.82, 2.24) is 10.3 Å². The number of nitrogens with one attached hydrogen (secondary N) is 2. The van der Waals surface area contributed by atoms with Gasteiger partial charge in [-0.1, -0.05) is 20.8 Å². The van der Waals surface area contributed by atoms with E-state index < -0.39 is 23.4 Å². The lowest BCUT2D eigenvalue weighted by Crippen LogP contribution is -2.38. The molecule has 0 aliphatic carbocycles. The van der Waals surface area contributed by atoms with E-state index in [9.17, 15) is 18.0 Å². The maximum atomic E-state index is 12.6. The van der Waals surface area contributed by atoms with Gasteiger partial charge in [-0.15, -0.1) is 0 Å². The van der Waals surface area contributed by atoms with E-state index in [1.165, 1.54) is 0 Å². The van der Waals surface area contributed by atoms with Gasteiger partial charge in [0.25, 0.3) is 0 Å². The highest BCUT2D eigenvalue weighted by molar-refractivity contribution is 5.67. The topological polar surface area (TPSA) is 63.2 Å². The Hall–Kier alpha value is -1.99. The predicted molar refractivity (Wildman–Crippen MR) is 90.4 cm³/mol. The van der Waals surface area contributed by atoms with E-state index >= 15 is 0 Å². The van der Waals surface area contributed by atoms with Gasteiger partial charge in [0.2, 0.25) is 0 Å². The highest BCUT2D eigenvalue weighted by atomic mass is 19.4. The lowest BCUT2D eigenvalue weighted by Gasteiger charge is -2.32. The molecule has 8 heteroatoms. The first-order chi connectivity index (χ1) is 11.3. The van der Waals surface area contributed by atoms with Gasteiger partial charge in [-0.3, -0.25) is 0 Å². The molecule has 0 bridgehead atoms. The average molecular weight is 361 g/mol. The van der Waals surface area contributed by atoms with Crippen LogP contribution in [0.25, 0.3) is 0 Å². The fraction of sp³-hybridized carbons (Fsp3) is 0.647. The molecule has 1 heterocycles. The summed E-state index contributed by atoms with van der Waals surface area (Å²) in [5.74, 6) is 0.0954. The molecular formula is C17H26F3N3O2. The van der Waals surface area contributed by atoms with Gasteiger partial charge in [-0.25, -0.2) is 9.78 Å². The molecule has 1 rings (SSSR count). The van der Waals surface area contributed by atoms with Crippen LogP contribution in [0.3, 0.4) is 0 Å². The normalized spacial score (nSPS) is 12.6. The highest BCUT2D eigenvalue weighted by Gasteiger charge is 2.31. The van der Waals surface area contributed by atoms with Crippen molar-refractivity contribution in [3.63, 3.8) is 0 Å². The van der Waals surface area contributed by atoms with Crippen molar-refractivity contribution in [2.24, 2.45) is 5.41 Å². The molecular weight excluding hydrogens is 335 g/mol. The first-order valence-electron chi connectivity index (χ1n) is 8.02. The monoisotopic (exact) mass is 361 g/mol. The number of pyridine rings is 1. The van der Waals surface area contributed by atoms with Gasteiger partial charge < -0.3 is 15.4 Å². The van der Waals surface area contributed by atoms with Gasteiger partial charge in [0.1, 0.15) is 11.4 Å². The molecule has 0 aliphatic heterocycles. The van der Waals surface area contributed by atoms with Crippen LogP contribution in [0.4, 0.5) is 23.8 Å². The van der Waals surface area contributed by atoms with Crippen LogP contribution in [-0.2, 0) is 10.9 Å². The summed E-state index contributed by atoms with van der Waals surface area (Å²) >= 11 is 0. The molecule has 0 aromatic carbocycles. The van der Waals surface area contributed by atoms with Gasteiger partial charge in [0.15, 0.2) is 0 Å². The third-order valence-electron chi connectivity index (χ3n) is 3.11. The van der Waals surface area contributed by atoms with E-state index in [0.717, 1.165) is 18.3 Å². The van der Waals surface area contributed by atoms with Crippen LogP contribution in [0, 0.1) is 5.41 Å². The zero-order valence-corrected chi connectivity index (χ0v) is 15.3. The van der Waals surface area contributed by atoms with Gasteiger partial charge in [0.05, 0.1) is 5.56 Å². The summed E-state index contributed by atoms with van der Waals surface area (Å²) in [6.45, 7) is 10.3. The molecule has 1 aromatic rings. The number of alkyl halides is 3. The maximum Gasteiger partial charge on any atom is 0.416 e. The molecule has 0 spiro atoms. The number of hydrogen-bond acceptors (Lipinski definition) is 4. The summed E-state index contributed by atoms with van der Waals surface area (Å²) in [5.41, 5.74) is -1.37. The predicted octanol–water partition coefficient (Wildman–Crippen LogP) is 4.45. The fourth-order valence-electron chi connectivity index (χ4n) is 2.66. The molecule has 0 unspecified atom stereocenters. The Morgan fingerprint density at radius 3 is 2.36 bits per heavy atom. The SMILES string of the molecule is CC(C)(C)CC(C)(C)OC(=O)NCCNc1cc(C(F)(F)F)ccn1. The molecule has 0 saturated carbocycles. The standard InChI is InChI=1S/C17H26F3N3O2/c1-15(2,3)11-16(4,5)25-14(24)23-9-8-22-13-10-12(6-7-21-13)17(18,19)20/h6-7,10H,8-9,11H2,1-5H3,(H,21,22)(H,23,24). The number of alkyl carbamates (subject to hydrolysis) is 1. The van der Waals surface area contributed by atoms with Crippen LogP contribution in [0.2, 0.25) is 0 Å². The quantitative estimate of drug-likeness (QED) is 0.735. The van der Waals surface area contributed by atoms with E-state index in [1.807, 2.05) is 13.8 Å². The van der Waals surface area contributed by atoms with Crippen molar-refractivity contribution >= 4 is 11.9 Å². The lowest BCUT2D eigenvalue weighted by atomic mass is 9.84. The molecule has 2 N–H and O–H groups in total. The summed E-state index contributed by atoms with van der Waals surface area (Å²) in [5, 5.41) is 5.30. The van der Waals surface area contributed by atoms with Crippen molar-refractivity contribution in [2.45, 2.75) is 52.8 Å². The Kier molecular flexibility index (Phi) is 6.68. The summed E-state index contributed by atoms with van der Waals surface area (Å²) < 4.78 is 43.2. The van der Waals surface area contributed by atoms with Crippen molar-refractivity contribution in [3.8, 4) is 0 Å². The minimum atomic E-state index is -4.42. The van der Waals surface area contributed by atoms with Crippen molar-refractivity contribution in [3.05, 3.63) is 23.9 Å². The zero-order chi connectivity index (χ0) is 19.3. The molecule has 25 heavy (non-hydrogen) atoms. The summed E-state index contributed by atoms with van der Waals surface area (Å²) in [6.07, 6.45) is -3.20. The fourth-order valence-corrected chi connectivity index (χ4v) is 2.66. The Morgan fingerprint density at radius 1 is 1.16 bits per heavy atom. The molecule has 1 aromatic heterocycles. The van der Waals surface area contributed by atoms with E-state index in [0.29, 0.717) is 6.42 Å². The summed E-state index contributed by atoms with van der Waals surface area (Å²) in [6, 6.07) is 1.82. The number of hydrogen-bond donors (Lipinski definition) is 2. The number of rotatable bonds is 6. The Balaban J connectivity index is 2.40. The van der Waals surface area contributed by atoms with Crippen LogP contribution in [0.1, 0.15) is 46.6 Å². The molecule has 0 saturated heterocycles. The van der Waals surface area contributed by atoms with Crippen LogP contribution >= 0.6 is 0 Å². The van der Waals surface area contributed by atoms with Gasteiger partial charge >= 0.3 is 12.3 Å². The number of carbonyl (C=O) groups is 1. The number of ether oxygens (including phenoxy) is 1. The van der Waals surface area contributed by atoms with Gasteiger partial charge in [-0.2, -0.15) is 13.2 Å². The van der Waals surface area contributed by atoms with Crippen LogP contribution in [0.15, 0.2) is 18.3 Å². The lowest BCUT2D eigenvalue weighted by molar-refractivity contribution is -0.137. The first kappa shape index (κ1) is 21.1. The number of aromatic nitrogens is 1. The Bertz CT molecular complexity index is 581. The molecule has 0 aliphatic rings. The van der Waals surface area contributed by atoms with Crippen LogP contribution in [0.5, 0.6) is 0 Å². The molecule has 142 valence electrons. The van der Waals surface area contributed by atoms with Crippen molar-refractivity contribution in [1.29, 1.82) is 0 Å². The van der Waals surface area contributed by atoms with E-state index in [4.69, 9.17) is 4.74 Å². The number of anilines is 1. The van der Waals surface area contributed by atoms with E-state index in [2.05, 4.69) is 36.4 Å². The second-order valence-electron chi connectivity index (χ2n) is 7.67. The number of carbonyl (C=O) groups excluding carboxylic acids is 1. The zero-order valence-electron chi connectivity index (χ0n) is 15.3. The molecule has 0 atom stereocenters. The number of nitrogens with zero attached hydrogens (tertiary/aromatic N) is 1. The summed E-state index contributed by atoms with van der Waals surface area (Å²) in [7, 11) is 0. The largest absolute Gasteiger partial charge is 0.444 e. The summed E-state index contributed by atoms with van der Waals surface area (Å²) in [4.78, 5) is 15.6. The molecule has 5 nitrogen and oxygen atoms in total. The molecule has 0 fully saturated rings. The second kappa shape index (κ2) is 7.93. The number of amides is 1. The van der Waals surface area contributed by atoms with Crippen LogP contribution < -0.4 is 10.6 Å². The van der Waals surface area contributed by atoms with Crippen molar-refractivity contribution < 1.29 is 22.7 Å². The van der Waals surface area contributed by atoms with E-state index in [-0.39, 0.29) is 24.3 Å². The smallest absolute Gasteiger partial charge is 0.416 e. The third kappa shape index (κ3) is 8.60. The first-order valence-corrected chi connectivity index (χ1v) is 8.02. The minimum absolute atomic E-state index is 0.0144. The highest BCUT2D eigenvalue weighted by Crippen LogP contribution is 2.30. The Labute approximate surface area is 146 Å². The molecule has 1 amide bonds. The van der Waals surface area contributed by atoms with Crippen LogP contribution in [-0.4, -0.2) is 29.8 Å². The van der Waals surface area contributed by atoms with Gasteiger partial charge in [0, 0.05) is 19.3 Å². The third-order valence-corrected chi connectivity index (χ3v) is 3.11. The Morgan fingerprint density at radius 2 is 1.80 bits per heavy atom.